The fraction of sp³-hybridized carbons (Fsp3) is 1.00. The summed E-state index contributed by atoms with van der Waals surface area (Å²) in [5, 5.41) is 18.9. The van der Waals surface area contributed by atoms with E-state index in [1.54, 1.807) is 0 Å². The van der Waals surface area contributed by atoms with Crippen LogP contribution in [0.4, 0.5) is 140 Å². The van der Waals surface area contributed by atoms with Gasteiger partial charge in [0.2, 0.25) is 0 Å². The van der Waals surface area contributed by atoms with Crippen molar-refractivity contribution in [2.24, 2.45) is 0 Å². The van der Waals surface area contributed by atoms with Crippen molar-refractivity contribution in [2.45, 2.75) is 131 Å². The monoisotopic (exact) mass is 972 g/mol. The van der Waals surface area contributed by atoms with Crippen LogP contribution < -0.4 is 0 Å². The molecule has 0 aromatic carbocycles. The molecule has 4 aliphatic rings. The Morgan fingerprint density at radius 1 is 0.333 bits per heavy atom. The molecule has 60 heavy (non-hydrogen) atoms. The molecule has 4 saturated carbocycles. The lowest BCUT2D eigenvalue weighted by Crippen LogP contribution is -3.11. The molecule has 0 heterocycles. The summed E-state index contributed by atoms with van der Waals surface area (Å²) in [6.07, 6.45) is -32.9. The molecule has 0 saturated heterocycles. The fourth-order valence-corrected chi connectivity index (χ4v) is 6.59. The second kappa shape index (κ2) is 12.7. The number of aliphatic hydroxyl groups excluding tert-OH is 2. The van der Waals surface area contributed by atoms with E-state index in [0.717, 1.165) is 0 Å². The van der Waals surface area contributed by atoms with E-state index in [4.69, 9.17) is 0 Å². The Bertz CT molecular complexity index is 1510. The summed E-state index contributed by atoms with van der Waals surface area (Å²) in [5.41, 5.74) is -33.5. The first-order valence-corrected chi connectivity index (χ1v) is 14.4. The highest BCUT2D eigenvalue weighted by molar-refractivity contribution is 5.54. The first-order valence-electron chi connectivity index (χ1n) is 14.4. The van der Waals surface area contributed by atoms with E-state index < -0.39 is 144 Å². The van der Waals surface area contributed by atoms with E-state index in [9.17, 15) is 98.0 Å². The van der Waals surface area contributed by atoms with Crippen LogP contribution in [0.5, 0.6) is 0 Å². The lowest BCUT2D eigenvalue weighted by atomic mass is 9.39. The van der Waals surface area contributed by atoms with Crippen LogP contribution in [-0.4, -0.2) is 142 Å². The van der Waals surface area contributed by atoms with E-state index in [1.807, 2.05) is 0 Å². The molecule has 0 aromatic heterocycles. The summed E-state index contributed by atoms with van der Waals surface area (Å²) >= 11 is 0. The Morgan fingerprint density at radius 3 is 0.750 bits per heavy atom. The van der Waals surface area contributed by atoms with Crippen LogP contribution in [-0.2, 0) is 9.47 Å². The van der Waals surface area contributed by atoms with Gasteiger partial charge < -0.3 is 19.7 Å². The predicted molar refractivity (Wildman–Crippen MR) is 118 cm³/mol. The van der Waals surface area contributed by atoms with Crippen LogP contribution in [0.25, 0.3) is 0 Å². The van der Waals surface area contributed by atoms with E-state index in [2.05, 4.69) is 9.47 Å². The highest BCUT2D eigenvalue weighted by Gasteiger charge is 3.23. The van der Waals surface area contributed by atoms with E-state index in [1.165, 1.54) is 0 Å². The number of hydrogen-bond acceptors (Lipinski definition) is 4. The summed E-state index contributed by atoms with van der Waals surface area (Å²) < 4.78 is 460. The zero-order valence-electron chi connectivity index (χ0n) is 26.8. The third-order valence-corrected chi connectivity index (χ3v) is 9.64. The minimum atomic E-state index is -8.65. The zero-order valence-corrected chi connectivity index (χ0v) is 26.8. The molecule has 4 rings (SSSR count). The lowest BCUT2D eigenvalue weighted by molar-refractivity contribution is -0.630. The molecule has 0 amide bonds. The topological polar surface area (TPSA) is 58.9 Å². The van der Waals surface area contributed by atoms with Gasteiger partial charge in [0.15, 0.2) is 0 Å². The second-order valence-corrected chi connectivity index (χ2v) is 13.2. The molecule has 4 fully saturated rings. The molecule has 0 radical (unpaired) electrons. The number of rotatable bonds is 14. The molecule has 0 aliphatic heterocycles. The number of halogens is 32. The van der Waals surface area contributed by atoms with Crippen molar-refractivity contribution in [1.29, 1.82) is 0 Å². The van der Waals surface area contributed by atoms with Crippen LogP contribution in [0.3, 0.4) is 0 Å². The maximum Gasteiger partial charge on any atom is 0.460 e. The molecular weight excluding hydrogens is 960 g/mol. The van der Waals surface area contributed by atoms with Gasteiger partial charge >= 0.3 is 94.8 Å². The van der Waals surface area contributed by atoms with Crippen molar-refractivity contribution < 1.29 is 160 Å². The van der Waals surface area contributed by atoms with Crippen molar-refractivity contribution in [3.63, 3.8) is 0 Å². The molecular formula is C24H12F32O4. The summed E-state index contributed by atoms with van der Waals surface area (Å²) in [7, 11) is 0. The molecule has 0 spiro atoms. The van der Waals surface area contributed by atoms with Crippen molar-refractivity contribution in [2.75, 3.05) is 13.2 Å². The highest BCUT2D eigenvalue weighted by Crippen LogP contribution is 2.88. The quantitative estimate of drug-likeness (QED) is 0.171. The van der Waals surface area contributed by atoms with Gasteiger partial charge in [-0.25, -0.2) is 8.78 Å². The first kappa shape index (κ1) is 51.9. The SMILES string of the molecule is OC(COC12C(F)(F)C3(F)C(F)(F)C(F)(C1(F)F)C(F)(F)C(OCC(O)CC(F)(F)C(F)(F)C(F)(F)C(F)(F)F)(C3(F)F)C2(F)F)CC(F)(F)C(F)(F)C(F)(F)C(F)(F)F. The van der Waals surface area contributed by atoms with Crippen molar-refractivity contribution in [3.05, 3.63) is 0 Å². The molecule has 2 atom stereocenters. The average molecular weight is 972 g/mol. The number of alkyl halides is 32. The Labute approximate surface area is 305 Å². The third-order valence-electron chi connectivity index (χ3n) is 9.64. The van der Waals surface area contributed by atoms with Gasteiger partial charge in [0.1, 0.15) is 0 Å². The minimum absolute atomic E-state index is 2.78. The largest absolute Gasteiger partial charge is 0.460 e. The van der Waals surface area contributed by atoms with Crippen LogP contribution in [0.15, 0.2) is 0 Å². The smallest absolute Gasteiger partial charge is 0.390 e. The molecule has 356 valence electrons. The van der Waals surface area contributed by atoms with Gasteiger partial charge in [-0.05, 0) is 0 Å². The molecule has 2 unspecified atom stereocenters. The molecule has 2 N–H and O–H groups in total. The number of hydrogen-bond donors (Lipinski definition) is 2. The molecule has 4 nitrogen and oxygen atoms in total. The van der Waals surface area contributed by atoms with Gasteiger partial charge in [0.05, 0.1) is 25.4 Å². The van der Waals surface area contributed by atoms with Gasteiger partial charge in [0.25, 0.3) is 11.2 Å². The lowest BCUT2D eigenvalue weighted by Gasteiger charge is -2.76. The van der Waals surface area contributed by atoms with Crippen LogP contribution in [0.2, 0.25) is 0 Å². The summed E-state index contributed by atoms with van der Waals surface area (Å²) in [4.78, 5) is 0. The average Bonchev–Trinajstić information content (AvgIpc) is 2.99. The summed E-state index contributed by atoms with van der Waals surface area (Å²) in [5.74, 6) is -98.1. The Hall–Kier alpha value is -2.40. The molecule has 0 aromatic rings. The zero-order chi connectivity index (χ0) is 48.4. The van der Waals surface area contributed by atoms with Gasteiger partial charge in [-0.15, -0.1) is 0 Å². The maximum absolute atomic E-state index is 16.0. The third kappa shape index (κ3) is 5.03. The van der Waals surface area contributed by atoms with E-state index >= 15 is 52.7 Å². The fourth-order valence-electron chi connectivity index (χ4n) is 6.59. The van der Waals surface area contributed by atoms with E-state index in [-0.39, 0.29) is 0 Å². The van der Waals surface area contributed by atoms with Gasteiger partial charge in [-0.3, -0.25) is 0 Å². The van der Waals surface area contributed by atoms with Crippen molar-refractivity contribution >= 4 is 0 Å². The predicted octanol–water partition coefficient (Wildman–Crippen LogP) is 9.20. The Kier molecular flexibility index (Phi) is 11.0. The molecule has 4 bridgehead atoms. The summed E-state index contributed by atoms with van der Waals surface area (Å²) in [6.45, 7) is -7.88. The second-order valence-electron chi connectivity index (χ2n) is 13.2. The van der Waals surface area contributed by atoms with Gasteiger partial charge in [0, 0.05) is 12.8 Å². The van der Waals surface area contributed by atoms with Crippen LogP contribution in [0.1, 0.15) is 12.8 Å². The Balaban J connectivity index is 2.29. The Morgan fingerprint density at radius 2 is 0.550 bits per heavy atom. The van der Waals surface area contributed by atoms with Crippen LogP contribution >= 0.6 is 0 Å². The minimum Gasteiger partial charge on any atom is -0.390 e. The standard InChI is InChI=1S/C24H12F32O4/c25-7(26,13(31,32)21(47,48)23(51,52)53)1-5(57)3-59-11-16(37,38)9(29)15(35,36)10(30,17(11,39)40)19(43,44)12(18(9,41)42,20(11,45)46)60-4-6(58)2-8(27,28)14(33,34)22(49,50)24(54,55)56/h5-6,57-58H,1-4H2. The van der Waals surface area contributed by atoms with Crippen molar-refractivity contribution in [1.82, 2.24) is 0 Å². The van der Waals surface area contributed by atoms with Crippen molar-refractivity contribution in [3.8, 4) is 0 Å². The molecule has 4 aliphatic carbocycles. The number of ether oxygens (including phenoxy) is 2. The van der Waals surface area contributed by atoms with Gasteiger partial charge in [-0.2, -0.15) is 132 Å². The maximum atomic E-state index is 16.0. The van der Waals surface area contributed by atoms with E-state index in [0.29, 0.717) is 0 Å². The highest BCUT2D eigenvalue weighted by atomic mass is 19.4. The first-order chi connectivity index (χ1) is 25.7. The number of aliphatic hydroxyl groups is 2. The summed E-state index contributed by atoms with van der Waals surface area (Å²) in [6, 6.07) is 0. The normalized spacial score (nSPS) is 33.5. The van der Waals surface area contributed by atoms with Crippen LogP contribution in [0, 0.1) is 0 Å². The van der Waals surface area contributed by atoms with Gasteiger partial charge in [-0.1, -0.05) is 0 Å². The molecule has 36 heteroatoms.